The van der Waals surface area contributed by atoms with Crippen molar-refractivity contribution >= 4 is 15.4 Å². The lowest BCUT2D eigenvalue weighted by molar-refractivity contribution is 0.949. The molecule has 6 heavy (non-hydrogen) atoms. The second-order valence-corrected chi connectivity index (χ2v) is 3.82. The van der Waals surface area contributed by atoms with E-state index in [-0.39, 0.29) is 7.80 Å². The third kappa shape index (κ3) is 0.977. The van der Waals surface area contributed by atoms with Gasteiger partial charge >= 0.3 is 0 Å². The zero-order chi connectivity index (χ0) is 4.41. The zero-order valence-corrected chi connectivity index (χ0v) is 4.75. The topological polar surface area (TPSA) is 0 Å². The van der Waals surface area contributed by atoms with Crippen LogP contribution >= 0.6 is 7.80 Å². The van der Waals surface area contributed by atoms with E-state index in [1.54, 1.807) is 0 Å². The summed E-state index contributed by atoms with van der Waals surface area (Å²) in [6.07, 6.45) is 5.44. The van der Waals surface area contributed by atoms with Crippen molar-refractivity contribution in [1.29, 1.82) is 0 Å². The van der Waals surface area contributed by atoms with Crippen LogP contribution in [0.1, 0.15) is 12.8 Å². The van der Waals surface area contributed by atoms with Crippen molar-refractivity contribution in [1.82, 2.24) is 0 Å². The van der Waals surface area contributed by atoms with Crippen molar-refractivity contribution in [2.45, 2.75) is 12.8 Å². The van der Waals surface area contributed by atoms with Crippen LogP contribution in [0.25, 0.3) is 0 Å². The first-order chi connectivity index (χ1) is 2.89. The summed E-state index contributed by atoms with van der Waals surface area (Å²) in [7, 11) is 5.63. The third-order valence-electron chi connectivity index (χ3n) is 1.14. The fraction of sp³-hybridized carbons (Fsp3) is 1.00. The molecular weight excluding hydrogens is 89.8 g/mol. The van der Waals surface area contributed by atoms with E-state index in [4.69, 9.17) is 7.57 Å². The molecule has 0 aliphatic carbocycles. The van der Waals surface area contributed by atoms with Gasteiger partial charge in [0.15, 0.2) is 0 Å². The van der Waals surface area contributed by atoms with Gasteiger partial charge in [-0.25, -0.2) is 0 Å². The van der Waals surface area contributed by atoms with Crippen LogP contribution < -0.4 is 0 Å². The van der Waals surface area contributed by atoms with E-state index < -0.39 is 0 Å². The second-order valence-electron chi connectivity index (χ2n) is 1.74. The first-order valence-corrected chi connectivity index (χ1v) is 4.17. The van der Waals surface area contributed by atoms with Crippen molar-refractivity contribution in [3.63, 3.8) is 0 Å². The van der Waals surface area contributed by atoms with Crippen LogP contribution in [0, 0.1) is 0 Å². The predicted molar refractivity (Wildman–Crippen MR) is 31.6 cm³/mol. The molecule has 0 aromatic carbocycles. The van der Waals surface area contributed by atoms with E-state index in [0.29, 0.717) is 0 Å². The van der Waals surface area contributed by atoms with Crippen molar-refractivity contribution < 1.29 is 0 Å². The molecule has 0 atom stereocenters. The molecule has 1 aliphatic rings. The van der Waals surface area contributed by atoms with E-state index in [2.05, 4.69) is 0 Å². The molecule has 1 rings (SSSR count). The highest BCUT2D eigenvalue weighted by Crippen LogP contribution is 2.37. The van der Waals surface area contributed by atoms with Crippen LogP contribution in [-0.4, -0.2) is 19.9 Å². The summed E-state index contributed by atoms with van der Waals surface area (Å²) < 4.78 is 0. The van der Waals surface area contributed by atoms with Crippen molar-refractivity contribution in [3.05, 3.63) is 0 Å². The number of rotatable bonds is 0. The average Bonchev–Trinajstić information content (AvgIpc) is 1.86. The van der Waals surface area contributed by atoms with Crippen LogP contribution in [0.2, 0.25) is 0 Å². The molecule has 0 spiro atoms. The Morgan fingerprint density at radius 2 is 1.67 bits per heavy atom. The molecule has 2 radical (unpaired) electrons. The molecule has 32 valence electrons. The largest absolute Gasteiger partial charge is 0.157 e. The van der Waals surface area contributed by atoms with Crippen LogP contribution in [0.4, 0.5) is 0 Å². The van der Waals surface area contributed by atoms with Gasteiger partial charge in [0.2, 0.25) is 0 Å². The van der Waals surface area contributed by atoms with Gasteiger partial charge in [-0.3, -0.25) is 0 Å². The molecule has 0 amide bonds. The van der Waals surface area contributed by atoms with Crippen molar-refractivity contribution in [2.75, 3.05) is 12.3 Å². The summed E-state index contributed by atoms with van der Waals surface area (Å²) in [5, 5.41) is 0. The summed E-state index contributed by atoms with van der Waals surface area (Å²) in [5.74, 6) is 0. The SMILES string of the molecule is [B]P1CCCC1. The Kier molecular flexibility index (Phi) is 1.53. The summed E-state index contributed by atoms with van der Waals surface area (Å²) in [6.45, 7) is 0. The van der Waals surface area contributed by atoms with Crippen LogP contribution in [-0.2, 0) is 0 Å². The quantitative estimate of drug-likeness (QED) is 0.316. The predicted octanol–water partition coefficient (Wildman–Crippen LogP) is 1.35. The summed E-state index contributed by atoms with van der Waals surface area (Å²) in [4.78, 5) is 0. The number of hydrogen-bond acceptors (Lipinski definition) is 0. The maximum Gasteiger partial charge on any atom is 0.109 e. The van der Waals surface area contributed by atoms with Crippen LogP contribution in [0.5, 0.6) is 0 Å². The molecule has 0 aromatic heterocycles. The van der Waals surface area contributed by atoms with Crippen LogP contribution in [0.3, 0.4) is 0 Å². The monoisotopic (exact) mass is 98.0 g/mol. The molecule has 0 N–H and O–H groups in total. The molecule has 1 saturated heterocycles. The van der Waals surface area contributed by atoms with Crippen molar-refractivity contribution in [3.8, 4) is 0 Å². The second kappa shape index (κ2) is 1.98. The highest BCUT2D eigenvalue weighted by Gasteiger charge is 2.05. The molecule has 1 aliphatic heterocycles. The summed E-state index contributed by atoms with van der Waals surface area (Å²) >= 11 is 0. The maximum absolute atomic E-state index is 5.60. The fourth-order valence-electron chi connectivity index (χ4n) is 0.742. The van der Waals surface area contributed by atoms with Gasteiger partial charge in [-0.2, -0.15) is 7.80 Å². The molecule has 0 nitrogen and oxygen atoms in total. The molecular formula is C4H8BP. The third-order valence-corrected chi connectivity index (χ3v) is 2.92. The lowest BCUT2D eigenvalue weighted by Gasteiger charge is -1.94. The smallest absolute Gasteiger partial charge is 0.109 e. The average molecular weight is 97.9 g/mol. The Hall–Kier alpha value is 0.495. The Morgan fingerprint density at radius 3 is 1.83 bits per heavy atom. The summed E-state index contributed by atoms with van der Waals surface area (Å²) in [6, 6.07) is 0. The van der Waals surface area contributed by atoms with Gasteiger partial charge in [-0.1, -0.05) is 0 Å². The molecule has 1 fully saturated rings. The van der Waals surface area contributed by atoms with Gasteiger partial charge in [0.25, 0.3) is 0 Å². The minimum Gasteiger partial charge on any atom is -0.157 e. The van der Waals surface area contributed by atoms with E-state index in [9.17, 15) is 0 Å². The Morgan fingerprint density at radius 1 is 1.17 bits per heavy atom. The zero-order valence-electron chi connectivity index (χ0n) is 3.85. The normalized spacial score (nSPS) is 25.3. The van der Waals surface area contributed by atoms with E-state index in [0.717, 1.165) is 0 Å². The van der Waals surface area contributed by atoms with Gasteiger partial charge < -0.3 is 0 Å². The molecule has 0 saturated carbocycles. The minimum absolute atomic E-state index is 0.0350. The van der Waals surface area contributed by atoms with Gasteiger partial charge in [-0.15, -0.1) is 0 Å². The minimum atomic E-state index is 0.0350. The molecule has 1 heterocycles. The standard InChI is InChI=1S/C4H8BP/c5-6-3-1-2-4-6/h1-4H2. The maximum atomic E-state index is 5.60. The first kappa shape index (κ1) is 4.65. The molecule has 0 aromatic rings. The van der Waals surface area contributed by atoms with Crippen LogP contribution in [0.15, 0.2) is 0 Å². The Bertz CT molecular complexity index is 40.8. The lowest BCUT2D eigenvalue weighted by Crippen LogP contribution is -1.68. The van der Waals surface area contributed by atoms with E-state index in [1.807, 2.05) is 0 Å². The van der Waals surface area contributed by atoms with Gasteiger partial charge in [-0.05, 0) is 25.2 Å². The van der Waals surface area contributed by atoms with E-state index >= 15 is 0 Å². The Balaban J connectivity index is 2.18. The van der Waals surface area contributed by atoms with E-state index in [1.165, 1.54) is 25.2 Å². The lowest BCUT2D eigenvalue weighted by atomic mass is 10.4. The van der Waals surface area contributed by atoms with Crippen molar-refractivity contribution in [2.24, 2.45) is 0 Å². The molecule has 0 bridgehead atoms. The fourth-order valence-corrected chi connectivity index (χ4v) is 2.22. The first-order valence-electron chi connectivity index (χ1n) is 2.39. The highest BCUT2D eigenvalue weighted by atomic mass is 31.1. The number of hydrogen-bond donors (Lipinski definition) is 0. The molecule has 0 unspecified atom stereocenters. The van der Waals surface area contributed by atoms with Gasteiger partial charge in [0.05, 0.1) is 0 Å². The van der Waals surface area contributed by atoms with Gasteiger partial charge in [0.1, 0.15) is 7.57 Å². The summed E-state index contributed by atoms with van der Waals surface area (Å²) in [5.41, 5.74) is 0. The highest BCUT2D eigenvalue weighted by molar-refractivity contribution is 7.82. The van der Waals surface area contributed by atoms with Gasteiger partial charge in [0, 0.05) is 0 Å². The Labute approximate surface area is 41.4 Å². The molecule has 2 heteroatoms.